The van der Waals surface area contributed by atoms with Gasteiger partial charge in [0.05, 0.1) is 0 Å². The summed E-state index contributed by atoms with van der Waals surface area (Å²) >= 11 is 0. The van der Waals surface area contributed by atoms with Crippen molar-refractivity contribution >= 4 is 0 Å². The van der Waals surface area contributed by atoms with Gasteiger partial charge in [-0.2, -0.15) is 0 Å². The van der Waals surface area contributed by atoms with Gasteiger partial charge in [-0.25, -0.2) is 0 Å². The first kappa shape index (κ1) is 8.83. The smallest absolute Gasteiger partial charge is 0.0228 e. The lowest BCUT2D eigenvalue weighted by atomic mass is 9.93. The summed E-state index contributed by atoms with van der Waals surface area (Å²) < 4.78 is 0. The van der Waals surface area contributed by atoms with Crippen molar-refractivity contribution < 1.29 is 0 Å². The van der Waals surface area contributed by atoms with E-state index in [0.29, 0.717) is 0 Å². The van der Waals surface area contributed by atoms with E-state index in [4.69, 9.17) is 0 Å². The van der Waals surface area contributed by atoms with E-state index in [9.17, 15) is 0 Å². The van der Waals surface area contributed by atoms with Crippen LogP contribution in [0.15, 0.2) is 12.2 Å². The largest absolute Gasteiger partial charge is 0.0883 e. The molecule has 1 unspecified atom stereocenters. The highest BCUT2D eigenvalue weighted by Crippen LogP contribution is 2.23. The molecule has 0 aromatic carbocycles. The average molecular weight is 151 g/mol. The molecule has 1 aliphatic rings. The van der Waals surface area contributed by atoms with Crippen molar-refractivity contribution in [3.63, 3.8) is 0 Å². The highest BCUT2D eigenvalue weighted by Gasteiger charge is 2.08. The van der Waals surface area contributed by atoms with E-state index in [1.807, 2.05) is 0 Å². The minimum absolute atomic E-state index is 0.850. The molecule has 0 saturated carbocycles. The molecule has 0 aromatic rings. The summed E-state index contributed by atoms with van der Waals surface area (Å²) in [6.07, 6.45) is 11.6. The molecule has 0 fully saturated rings. The van der Waals surface area contributed by atoms with Gasteiger partial charge in [-0.1, -0.05) is 32.4 Å². The maximum absolute atomic E-state index is 2.42. The molecule has 0 aromatic heterocycles. The molecule has 0 bridgehead atoms. The molecule has 0 heterocycles. The Bertz CT molecular complexity index is 122. The fourth-order valence-corrected chi connectivity index (χ4v) is 1.75. The zero-order valence-corrected chi connectivity index (χ0v) is 7.77. The molecule has 1 atom stereocenters. The predicted molar refractivity (Wildman–Crippen MR) is 50.3 cm³/mol. The van der Waals surface area contributed by atoms with Crippen LogP contribution in [0.3, 0.4) is 0 Å². The van der Waals surface area contributed by atoms with Gasteiger partial charge < -0.3 is 0 Å². The Balaban J connectivity index is 2.30. The van der Waals surface area contributed by atoms with E-state index in [1.165, 1.54) is 32.1 Å². The molecule has 0 aliphatic heterocycles. The van der Waals surface area contributed by atoms with Crippen molar-refractivity contribution in [1.29, 1.82) is 0 Å². The van der Waals surface area contributed by atoms with Crippen LogP contribution in [-0.4, -0.2) is 0 Å². The highest BCUT2D eigenvalue weighted by molar-refractivity contribution is 4.95. The Hall–Kier alpha value is -0.260. The summed E-state index contributed by atoms with van der Waals surface area (Å²) in [6, 6.07) is 0. The Morgan fingerprint density at radius 2 is 2.18 bits per heavy atom. The van der Waals surface area contributed by atoms with Crippen molar-refractivity contribution in [2.45, 2.75) is 46.0 Å². The Labute approximate surface area is 70.7 Å². The average Bonchev–Trinajstić information content (AvgIpc) is 2.14. The van der Waals surface area contributed by atoms with Crippen molar-refractivity contribution in [2.75, 3.05) is 0 Å². The lowest BCUT2D eigenvalue weighted by Crippen LogP contribution is -1.98. The third kappa shape index (κ3) is 3.60. The van der Waals surface area contributed by atoms with Crippen LogP contribution in [0.4, 0.5) is 0 Å². The summed E-state index contributed by atoms with van der Waals surface area (Å²) in [4.78, 5) is 0. The van der Waals surface area contributed by atoms with Crippen LogP contribution in [0, 0.1) is 11.8 Å². The molecule has 1 aliphatic carbocycles. The number of hydrogen-bond donors (Lipinski definition) is 0. The van der Waals surface area contributed by atoms with Crippen LogP contribution in [-0.2, 0) is 0 Å². The lowest BCUT2D eigenvalue weighted by molar-refractivity contribution is 0.534. The third-order valence-electron chi connectivity index (χ3n) is 2.27. The molecule has 0 saturated heterocycles. The van der Waals surface area contributed by atoms with Gasteiger partial charge in [0.15, 0.2) is 0 Å². The maximum atomic E-state index is 2.42. The molecular formula is C11H19. The highest BCUT2D eigenvalue weighted by atomic mass is 14.1. The Morgan fingerprint density at radius 1 is 1.36 bits per heavy atom. The van der Waals surface area contributed by atoms with Crippen LogP contribution in [0.2, 0.25) is 0 Å². The predicted octanol–water partition coefficient (Wildman–Crippen LogP) is 3.74. The molecule has 0 N–H and O–H groups in total. The Morgan fingerprint density at radius 3 is 2.91 bits per heavy atom. The second-order valence-corrected chi connectivity index (χ2v) is 3.88. The van der Waals surface area contributed by atoms with Gasteiger partial charge in [0.25, 0.3) is 0 Å². The lowest BCUT2D eigenvalue weighted by Gasteiger charge is -2.12. The van der Waals surface area contributed by atoms with Gasteiger partial charge in [0.1, 0.15) is 0 Å². The summed E-state index contributed by atoms with van der Waals surface area (Å²) in [5.41, 5.74) is 0. The zero-order chi connectivity index (χ0) is 8.10. The van der Waals surface area contributed by atoms with Crippen molar-refractivity contribution in [3.05, 3.63) is 18.1 Å². The van der Waals surface area contributed by atoms with Gasteiger partial charge in [-0.15, -0.1) is 0 Å². The van der Waals surface area contributed by atoms with Gasteiger partial charge in [-0.3, -0.25) is 0 Å². The second kappa shape index (κ2) is 4.58. The minimum atomic E-state index is 0.850. The van der Waals surface area contributed by atoms with Crippen molar-refractivity contribution in [3.8, 4) is 0 Å². The van der Waals surface area contributed by atoms with E-state index in [0.717, 1.165) is 5.92 Å². The number of rotatable bonds is 2. The quantitative estimate of drug-likeness (QED) is 0.527. The molecule has 11 heavy (non-hydrogen) atoms. The topological polar surface area (TPSA) is 0 Å². The first-order valence-electron chi connectivity index (χ1n) is 4.74. The van der Waals surface area contributed by atoms with Gasteiger partial charge in [0.2, 0.25) is 0 Å². The van der Waals surface area contributed by atoms with E-state index < -0.39 is 0 Å². The van der Waals surface area contributed by atoms with Crippen LogP contribution in [0.1, 0.15) is 46.0 Å². The summed E-state index contributed by atoms with van der Waals surface area (Å²) in [5, 5.41) is 0. The first-order chi connectivity index (χ1) is 5.29. The molecule has 0 spiro atoms. The summed E-state index contributed by atoms with van der Waals surface area (Å²) in [6.45, 7) is 4.47. The number of hydrogen-bond acceptors (Lipinski definition) is 0. The normalized spacial score (nSPS) is 25.5. The van der Waals surface area contributed by atoms with Crippen LogP contribution in [0.5, 0.6) is 0 Å². The second-order valence-electron chi connectivity index (χ2n) is 3.88. The number of allylic oxidation sites excluding steroid dienone is 2. The molecule has 0 amide bonds. The van der Waals surface area contributed by atoms with E-state index in [-0.39, 0.29) is 0 Å². The van der Waals surface area contributed by atoms with E-state index in [1.54, 1.807) is 5.92 Å². The monoisotopic (exact) mass is 151 g/mol. The fraction of sp³-hybridized carbons (Fsp3) is 0.727. The standard InChI is InChI=1S/C11H19/c1-10(2)9-11-7-5-3-4-6-8-11/h5,7,11H,3-4,6,8-9H2,1-2H3. The van der Waals surface area contributed by atoms with Crippen molar-refractivity contribution in [1.82, 2.24) is 0 Å². The Kier molecular flexibility index (Phi) is 3.68. The molecule has 63 valence electrons. The van der Waals surface area contributed by atoms with Gasteiger partial charge in [0, 0.05) is 0 Å². The van der Waals surface area contributed by atoms with E-state index >= 15 is 0 Å². The molecule has 0 nitrogen and oxygen atoms in total. The van der Waals surface area contributed by atoms with Gasteiger partial charge in [-0.05, 0) is 37.5 Å². The maximum Gasteiger partial charge on any atom is -0.0228 e. The molecule has 1 rings (SSSR count). The molecular weight excluding hydrogens is 132 g/mol. The zero-order valence-electron chi connectivity index (χ0n) is 7.77. The van der Waals surface area contributed by atoms with Crippen LogP contribution < -0.4 is 0 Å². The fourth-order valence-electron chi connectivity index (χ4n) is 1.75. The first-order valence-corrected chi connectivity index (χ1v) is 4.74. The van der Waals surface area contributed by atoms with Gasteiger partial charge >= 0.3 is 0 Å². The minimum Gasteiger partial charge on any atom is -0.0883 e. The SMILES string of the molecule is C[C](C)CC1C=CCCCC1. The van der Waals surface area contributed by atoms with E-state index in [2.05, 4.69) is 26.0 Å². The summed E-state index contributed by atoms with van der Waals surface area (Å²) in [5.74, 6) is 2.42. The third-order valence-corrected chi connectivity index (χ3v) is 2.27. The molecule has 1 radical (unpaired) electrons. The summed E-state index contributed by atoms with van der Waals surface area (Å²) in [7, 11) is 0. The molecule has 0 heteroatoms. The van der Waals surface area contributed by atoms with Crippen LogP contribution >= 0.6 is 0 Å². The van der Waals surface area contributed by atoms with Crippen molar-refractivity contribution in [2.24, 2.45) is 5.92 Å². The van der Waals surface area contributed by atoms with Crippen LogP contribution in [0.25, 0.3) is 0 Å².